The van der Waals surface area contributed by atoms with Crippen LogP contribution in [0.5, 0.6) is 5.75 Å². The van der Waals surface area contributed by atoms with Gasteiger partial charge in [0.15, 0.2) is 0 Å². The van der Waals surface area contributed by atoms with Gasteiger partial charge in [-0.05, 0) is 36.6 Å². The Bertz CT molecular complexity index is 778. The van der Waals surface area contributed by atoms with Crippen LogP contribution in [0.3, 0.4) is 0 Å². The number of rotatable bonds is 8. The quantitative estimate of drug-likeness (QED) is 0.574. The number of methoxy groups -OCH3 is 1. The normalized spacial score (nSPS) is 19.0. The van der Waals surface area contributed by atoms with Gasteiger partial charge < -0.3 is 20.5 Å². The molecule has 1 unspecified atom stereocenters. The Labute approximate surface area is 156 Å². The highest BCUT2D eigenvalue weighted by molar-refractivity contribution is 6.09. The number of nitrogens with one attached hydrogen (secondary N) is 2. The Morgan fingerprint density at radius 2 is 2.04 bits per heavy atom. The number of amides is 4. The maximum Gasteiger partial charge on any atom is 0.325 e. The van der Waals surface area contributed by atoms with E-state index in [1.54, 1.807) is 32.2 Å². The van der Waals surface area contributed by atoms with Crippen molar-refractivity contribution < 1.29 is 29.0 Å². The molecular formula is C18H23N3O6. The lowest BCUT2D eigenvalue weighted by atomic mass is 9.86. The second-order valence-corrected chi connectivity index (χ2v) is 6.26. The molecule has 1 heterocycles. The molecule has 4 amide bonds. The zero-order chi connectivity index (χ0) is 20.2. The van der Waals surface area contributed by atoms with Gasteiger partial charge in [-0.25, -0.2) is 4.79 Å². The van der Waals surface area contributed by atoms with E-state index in [1.165, 1.54) is 0 Å². The molecule has 2 rings (SSSR count). The fourth-order valence-corrected chi connectivity index (χ4v) is 3.06. The first-order valence-corrected chi connectivity index (χ1v) is 8.53. The lowest BCUT2D eigenvalue weighted by Gasteiger charge is -2.26. The van der Waals surface area contributed by atoms with E-state index >= 15 is 0 Å². The number of imide groups is 1. The zero-order valence-corrected chi connectivity index (χ0v) is 15.5. The summed E-state index contributed by atoms with van der Waals surface area (Å²) in [5.41, 5.74) is 0.167. The topological polar surface area (TPSA) is 125 Å². The molecule has 1 aliphatic rings. The van der Waals surface area contributed by atoms with Crippen molar-refractivity contribution in [2.75, 3.05) is 20.2 Å². The van der Waals surface area contributed by atoms with Crippen LogP contribution in [-0.4, -0.2) is 54.0 Å². The molecule has 0 radical (unpaired) electrons. The molecule has 0 aliphatic carbocycles. The smallest absolute Gasteiger partial charge is 0.325 e. The van der Waals surface area contributed by atoms with Gasteiger partial charge in [-0.1, -0.05) is 13.0 Å². The fourth-order valence-electron chi connectivity index (χ4n) is 3.06. The monoisotopic (exact) mass is 377 g/mol. The molecule has 0 bridgehead atoms. The van der Waals surface area contributed by atoms with E-state index in [2.05, 4.69) is 10.6 Å². The second kappa shape index (κ2) is 8.07. The molecular weight excluding hydrogens is 354 g/mol. The van der Waals surface area contributed by atoms with Crippen LogP contribution in [0.1, 0.15) is 30.9 Å². The van der Waals surface area contributed by atoms with Crippen LogP contribution in [-0.2, 0) is 19.9 Å². The minimum Gasteiger partial charge on any atom is -0.496 e. The Kier molecular flexibility index (Phi) is 6.04. The van der Waals surface area contributed by atoms with Crippen LogP contribution < -0.4 is 15.4 Å². The summed E-state index contributed by atoms with van der Waals surface area (Å²) in [6.07, 6.45) is 0.0659. The van der Waals surface area contributed by atoms with Gasteiger partial charge in [-0.2, -0.15) is 0 Å². The highest BCUT2D eigenvalue weighted by atomic mass is 16.5. The standard InChI is InChI=1S/C18H23N3O6/c1-4-18(12-5-6-13(27-3)11(2)9-12)16(25)21(17(26)20-18)10-14(22)19-8-7-15(23)24/h5-6,9H,4,7-8,10H2,1-3H3,(H,19,22)(H,20,26)(H,23,24). The number of aryl methyl sites for hydroxylation is 1. The van der Waals surface area contributed by atoms with E-state index in [1.807, 2.05) is 6.92 Å². The lowest BCUT2D eigenvalue weighted by molar-refractivity contribution is -0.137. The number of carbonyl (C=O) groups excluding carboxylic acids is 3. The summed E-state index contributed by atoms with van der Waals surface area (Å²) < 4.78 is 5.23. The van der Waals surface area contributed by atoms with E-state index in [4.69, 9.17) is 9.84 Å². The minimum atomic E-state index is -1.25. The third-order valence-corrected chi connectivity index (χ3v) is 4.56. The predicted octanol–water partition coefficient (Wildman–Crippen LogP) is 0.752. The third-order valence-electron chi connectivity index (χ3n) is 4.56. The molecule has 1 aromatic rings. The summed E-state index contributed by atoms with van der Waals surface area (Å²) in [5.74, 6) is -1.51. The summed E-state index contributed by atoms with van der Waals surface area (Å²) in [6.45, 7) is 3.06. The number of carbonyl (C=O) groups is 4. The number of carboxylic acids is 1. The first-order chi connectivity index (χ1) is 12.7. The van der Waals surface area contributed by atoms with Crippen LogP contribution in [0.15, 0.2) is 18.2 Å². The van der Waals surface area contributed by atoms with Gasteiger partial charge in [0.05, 0.1) is 13.5 Å². The maximum atomic E-state index is 13.0. The van der Waals surface area contributed by atoms with Crippen molar-refractivity contribution in [2.45, 2.75) is 32.2 Å². The molecule has 1 aliphatic heterocycles. The molecule has 9 heteroatoms. The van der Waals surface area contributed by atoms with Crippen LogP contribution >= 0.6 is 0 Å². The summed E-state index contributed by atoms with van der Waals surface area (Å²) in [6, 6.07) is 4.55. The molecule has 27 heavy (non-hydrogen) atoms. The van der Waals surface area contributed by atoms with E-state index < -0.39 is 35.9 Å². The summed E-state index contributed by atoms with van der Waals surface area (Å²) >= 11 is 0. The number of hydrogen-bond donors (Lipinski definition) is 3. The predicted molar refractivity (Wildman–Crippen MR) is 95.2 cm³/mol. The van der Waals surface area contributed by atoms with Crippen molar-refractivity contribution in [1.82, 2.24) is 15.5 Å². The number of benzene rings is 1. The molecule has 0 saturated carbocycles. The first-order valence-electron chi connectivity index (χ1n) is 8.53. The summed E-state index contributed by atoms with van der Waals surface area (Å²) in [4.78, 5) is 48.6. The highest BCUT2D eigenvalue weighted by Gasteiger charge is 2.51. The zero-order valence-electron chi connectivity index (χ0n) is 15.5. The molecule has 1 atom stereocenters. The maximum absolute atomic E-state index is 13.0. The highest BCUT2D eigenvalue weighted by Crippen LogP contribution is 2.34. The van der Waals surface area contributed by atoms with E-state index in [0.29, 0.717) is 17.7 Å². The van der Waals surface area contributed by atoms with Crippen molar-refractivity contribution in [1.29, 1.82) is 0 Å². The Morgan fingerprint density at radius 1 is 1.33 bits per heavy atom. The molecule has 1 aromatic carbocycles. The Balaban J connectivity index is 2.20. The Hall–Kier alpha value is -3.10. The van der Waals surface area contributed by atoms with Gasteiger partial charge in [-0.15, -0.1) is 0 Å². The number of aliphatic carboxylic acids is 1. The molecule has 146 valence electrons. The average Bonchev–Trinajstić information content (AvgIpc) is 2.86. The van der Waals surface area contributed by atoms with Crippen molar-refractivity contribution in [3.05, 3.63) is 29.3 Å². The molecule has 3 N–H and O–H groups in total. The molecule has 1 saturated heterocycles. The van der Waals surface area contributed by atoms with E-state index in [9.17, 15) is 19.2 Å². The lowest BCUT2D eigenvalue weighted by Crippen LogP contribution is -2.45. The van der Waals surface area contributed by atoms with Crippen molar-refractivity contribution >= 4 is 23.8 Å². The summed E-state index contributed by atoms with van der Waals surface area (Å²) in [7, 11) is 1.55. The molecule has 0 aromatic heterocycles. The summed E-state index contributed by atoms with van der Waals surface area (Å²) in [5, 5.41) is 13.7. The molecule has 0 spiro atoms. The van der Waals surface area contributed by atoms with Gasteiger partial charge in [0.1, 0.15) is 17.8 Å². The number of ether oxygens (including phenoxy) is 1. The number of carboxylic acid groups (broad SMARTS) is 1. The van der Waals surface area contributed by atoms with Crippen LogP contribution in [0.25, 0.3) is 0 Å². The Morgan fingerprint density at radius 3 is 2.59 bits per heavy atom. The third kappa shape index (κ3) is 4.02. The van der Waals surface area contributed by atoms with Gasteiger partial charge >= 0.3 is 12.0 Å². The van der Waals surface area contributed by atoms with Gasteiger partial charge in [0.25, 0.3) is 5.91 Å². The van der Waals surface area contributed by atoms with Crippen molar-refractivity contribution in [3.63, 3.8) is 0 Å². The second-order valence-electron chi connectivity index (χ2n) is 6.26. The van der Waals surface area contributed by atoms with Gasteiger partial charge in [0, 0.05) is 6.54 Å². The van der Waals surface area contributed by atoms with Crippen LogP contribution in [0.4, 0.5) is 4.79 Å². The number of urea groups is 1. The van der Waals surface area contributed by atoms with E-state index in [-0.39, 0.29) is 13.0 Å². The first kappa shape index (κ1) is 20.2. The number of nitrogens with zero attached hydrogens (tertiary/aromatic N) is 1. The van der Waals surface area contributed by atoms with Crippen molar-refractivity contribution in [2.24, 2.45) is 0 Å². The van der Waals surface area contributed by atoms with Crippen molar-refractivity contribution in [3.8, 4) is 5.75 Å². The van der Waals surface area contributed by atoms with E-state index in [0.717, 1.165) is 10.5 Å². The minimum absolute atomic E-state index is 0.0750. The average molecular weight is 377 g/mol. The largest absolute Gasteiger partial charge is 0.496 e. The molecule has 1 fully saturated rings. The van der Waals surface area contributed by atoms with Gasteiger partial charge in [0.2, 0.25) is 5.91 Å². The van der Waals surface area contributed by atoms with Gasteiger partial charge in [-0.3, -0.25) is 19.3 Å². The number of hydrogen-bond acceptors (Lipinski definition) is 5. The van der Waals surface area contributed by atoms with Crippen LogP contribution in [0, 0.1) is 6.92 Å². The van der Waals surface area contributed by atoms with Crippen LogP contribution in [0.2, 0.25) is 0 Å². The molecule has 9 nitrogen and oxygen atoms in total. The fraction of sp³-hybridized carbons (Fsp3) is 0.444. The SMILES string of the molecule is CCC1(c2ccc(OC)c(C)c2)NC(=O)N(CC(=O)NCCC(=O)O)C1=O.